The van der Waals surface area contributed by atoms with Crippen molar-refractivity contribution in [3.8, 4) is 5.88 Å². The summed E-state index contributed by atoms with van der Waals surface area (Å²) in [6, 6.07) is 5.90. The number of anilines is 1. The van der Waals surface area contributed by atoms with E-state index in [1.54, 1.807) is 0 Å². The number of hydrogen-bond donors (Lipinski definition) is 1. The van der Waals surface area contributed by atoms with Crippen LogP contribution in [0.3, 0.4) is 0 Å². The van der Waals surface area contributed by atoms with Crippen LogP contribution in [-0.4, -0.2) is 18.1 Å². The Labute approximate surface area is 104 Å². The molecule has 1 heterocycles. The maximum atomic E-state index is 5.68. The molecule has 0 saturated heterocycles. The fraction of sp³-hybridized carbons (Fsp3) is 0.643. The van der Waals surface area contributed by atoms with Gasteiger partial charge in [0.15, 0.2) is 0 Å². The maximum absolute atomic E-state index is 5.68. The Morgan fingerprint density at radius 1 is 1.41 bits per heavy atom. The van der Waals surface area contributed by atoms with Crippen molar-refractivity contribution in [2.24, 2.45) is 5.92 Å². The van der Waals surface area contributed by atoms with E-state index in [1.807, 2.05) is 18.2 Å². The third-order valence-electron chi connectivity index (χ3n) is 3.28. The van der Waals surface area contributed by atoms with Gasteiger partial charge < -0.3 is 10.1 Å². The lowest BCUT2D eigenvalue weighted by molar-refractivity contribution is 0.217. The molecule has 1 fully saturated rings. The zero-order valence-corrected chi connectivity index (χ0v) is 10.6. The van der Waals surface area contributed by atoms with E-state index < -0.39 is 0 Å². The Morgan fingerprint density at radius 3 is 3.00 bits per heavy atom. The molecule has 1 aromatic rings. The molecule has 1 aliphatic rings. The van der Waals surface area contributed by atoms with Crippen LogP contribution in [0.5, 0.6) is 5.88 Å². The number of nitrogens with one attached hydrogen (secondary N) is 1. The van der Waals surface area contributed by atoms with Crippen molar-refractivity contribution in [2.75, 3.05) is 18.5 Å². The molecule has 0 bridgehead atoms. The normalized spacial score (nSPS) is 15.4. The summed E-state index contributed by atoms with van der Waals surface area (Å²) in [5.41, 5.74) is 0. The lowest BCUT2D eigenvalue weighted by atomic mass is 9.83. The molecule has 1 aliphatic carbocycles. The molecule has 1 aromatic heterocycles. The second-order valence-electron chi connectivity index (χ2n) is 4.72. The average Bonchev–Trinajstić information content (AvgIpc) is 2.30. The Morgan fingerprint density at radius 2 is 2.29 bits per heavy atom. The fourth-order valence-corrected chi connectivity index (χ4v) is 1.96. The van der Waals surface area contributed by atoms with Crippen molar-refractivity contribution in [2.45, 2.75) is 39.0 Å². The third kappa shape index (κ3) is 3.91. The van der Waals surface area contributed by atoms with Gasteiger partial charge in [0.2, 0.25) is 5.88 Å². The van der Waals surface area contributed by atoms with Gasteiger partial charge in [0.05, 0.1) is 6.61 Å². The van der Waals surface area contributed by atoms with Gasteiger partial charge in [0.25, 0.3) is 0 Å². The summed E-state index contributed by atoms with van der Waals surface area (Å²) in [6.07, 6.45) is 6.45. The summed E-state index contributed by atoms with van der Waals surface area (Å²) in [7, 11) is 0. The molecule has 1 N–H and O–H groups in total. The van der Waals surface area contributed by atoms with E-state index >= 15 is 0 Å². The van der Waals surface area contributed by atoms with Crippen molar-refractivity contribution in [3.63, 3.8) is 0 Å². The molecule has 0 spiro atoms. The maximum Gasteiger partial charge on any atom is 0.215 e. The van der Waals surface area contributed by atoms with Crippen molar-refractivity contribution >= 4 is 5.82 Å². The minimum Gasteiger partial charge on any atom is -0.478 e. The molecule has 0 aliphatic heterocycles. The molecule has 0 amide bonds. The molecule has 17 heavy (non-hydrogen) atoms. The number of rotatable bonds is 7. The second kappa shape index (κ2) is 6.48. The Balaban J connectivity index is 1.74. The smallest absolute Gasteiger partial charge is 0.215 e. The van der Waals surface area contributed by atoms with Gasteiger partial charge in [0.1, 0.15) is 5.82 Å². The Kier molecular flexibility index (Phi) is 4.65. The molecule has 1 saturated carbocycles. The molecule has 2 rings (SSSR count). The van der Waals surface area contributed by atoms with Crippen LogP contribution in [0.2, 0.25) is 0 Å². The van der Waals surface area contributed by atoms with E-state index in [-0.39, 0.29) is 0 Å². The molecule has 94 valence electrons. The van der Waals surface area contributed by atoms with E-state index in [0.717, 1.165) is 37.2 Å². The quantitative estimate of drug-likeness (QED) is 0.784. The van der Waals surface area contributed by atoms with Crippen molar-refractivity contribution in [1.82, 2.24) is 4.98 Å². The first-order valence-electron chi connectivity index (χ1n) is 6.72. The standard InChI is InChI=1S/C14H22N2O/c1-2-10-15-13-7-4-8-14(16-13)17-11-9-12-5-3-6-12/h4,7-8,12H,2-3,5-6,9-11H2,1H3,(H,15,16). The van der Waals surface area contributed by atoms with Gasteiger partial charge in [-0.05, 0) is 24.8 Å². The third-order valence-corrected chi connectivity index (χ3v) is 3.28. The van der Waals surface area contributed by atoms with Gasteiger partial charge in [-0.3, -0.25) is 0 Å². The number of aromatic nitrogens is 1. The molecule has 3 heteroatoms. The first-order chi connectivity index (χ1) is 8.38. The minimum absolute atomic E-state index is 0.741. The monoisotopic (exact) mass is 234 g/mol. The van der Waals surface area contributed by atoms with Crippen molar-refractivity contribution in [1.29, 1.82) is 0 Å². The minimum atomic E-state index is 0.741. The molecular formula is C14H22N2O. The number of ether oxygens (including phenoxy) is 1. The molecule has 0 unspecified atom stereocenters. The highest BCUT2D eigenvalue weighted by molar-refractivity contribution is 5.36. The van der Waals surface area contributed by atoms with Crippen molar-refractivity contribution in [3.05, 3.63) is 18.2 Å². The van der Waals surface area contributed by atoms with Gasteiger partial charge in [-0.25, -0.2) is 0 Å². The van der Waals surface area contributed by atoms with Crippen LogP contribution in [0.15, 0.2) is 18.2 Å². The summed E-state index contributed by atoms with van der Waals surface area (Å²) in [5.74, 6) is 2.55. The lowest BCUT2D eigenvalue weighted by Crippen LogP contribution is -2.14. The second-order valence-corrected chi connectivity index (χ2v) is 4.72. The summed E-state index contributed by atoms with van der Waals surface area (Å²) < 4.78 is 5.68. The number of pyridine rings is 1. The van der Waals surface area contributed by atoms with E-state index in [9.17, 15) is 0 Å². The van der Waals surface area contributed by atoms with Crippen LogP contribution in [0.4, 0.5) is 5.82 Å². The predicted octanol–water partition coefficient (Wildman–Crippen LogP) is 3.47. The van der Waals surface area contributed by atoms with Crippen LogP contribution in [0, 0.1) is 5.92 Å². The molecule has 0 atom stereocenters. The number of hydrogen-bond acceptors (Lipinski definition) is 3. The largest absolute Gasteiger partial charge is 0.478 e. The van der Waals surface area contributed by atoms with Gasteiger partial charge in [-0.2, -0.15) is 4.98 Å². The van der Waals surface area contributed by atoms with Crippen LogP contribution in [-0.2, 0) is 0 Å². The van der Waals surface area contributed by atoms with Gasteiger partial charge >= 0.3 is 0 Å². The molecular weight excluding hydrogens is 212 g/mol. The predicted molar refractivity (Wildman–Crippen MR) is 70.5 cm³/mol. The van der Waals surface area contributed by atoms with Crippen LogP contribution in [0.25, 0.3) is 0 Å². The first kappa shape index (κ1) is 12.2. The first-order valence-corrected chi connectivity index (χ1v) is 6.72. The Hall–Kier alpha value is -1.25. The zero-order chi connectivity index (χ0) is 11.9. The molecule has 0 aromatic carbocycles. The fourth-order valence-electron chi connectivity index (χ4n) is 1.96. The topological polar surface area (TPSA) is 34.1 Å². The van der Waals surface area contributed by atoms with E-state index in [4.69, 9.17) is 4.74 Å². The van der Waals surface area contributed by atoms with Gasteiger partial charge in [-0.1, -0.05) is 32.3 Å². The van der Waals surface area contributed by atoms with Gasteiger partial charge in [0, 0.05) is 12.6 Å². The van der Waals surface area contributed by atoms with Crippen molar-refractivity contribution < 1.29 is 4.74 Å². The molecule has 0 radical (unpaired) electrons. The van der Waals surface area contributed by atoms with E-state index in [1.165, 1.54) is 25.7 Å². The SMILES string of the molecule is CCCNc1cccc(OCCC2CCC2)n1. The summed E-state index contributed by atoms with van der Waals surface area (Å²) in [4.78, 5) is 4.42. The van der Waals surface area contributed by atoms with E-state index in [0.29, 0.717) is 0 Å². The van der Waals surface area contributed by atoms with Crippen LogP contribution < -0.4 is 10.1 Å². The summed E-state index contributed by atoms with van der Waals surface area (Å²) >= 11 is 0. The Bertz CT molecular complexity index is 337. The highest BCUT2D eigenvalue weighted by Gasteiger charge is 2.16. The summed E-state index contributed by atoms with van der Waals surface area (Å²) in [5, 5.41) is 3.27. The highest BCUT2D eigenvalue weighted by Crippen LogP contribution is 2.29. The average molecular weight is 234 g/mol. The van der Waals surface area contributed by atoms with Gasteiger partial charge in [-0.15, -0.1) is 0 Å². The van der Waals surface area contributed by atoms with E-state index in [2.05, 4.69) is 17.2 Å². The molecule has 3 nitrogen and oxygen atoms in total. The summed E-state index contributed by atoms with van der Waals surface area (Å²) in [6.45, 7) is 3.90. The highest BCUT2D eigenvalue weighted by atomic mass is 16.5. The van der Waals surface area contributed by atoms with Crippen LogP contribution >= 0.6 is 0 Å². The lowest BCUT2D eigenvalue weighted by Gasteiger charge is -2.24. The van der Waals surface area contributed by atoms with Crippen LogP contribution in [0.1, 0.15) is 39.0 Å². The number of nitrogens with zero attached hydrogens (tertiary/aromatic N) is 1. The zero-order valence-electron chi connectivity index (χ0n) is 10.6.